The zero-order valence-electron chi connectivity index (χ0n) is 19.8. The number of carbonyl (C=O) groups is 1. The van der Waals surface area contributed by atoms with Gasteiger partial charge in [-0.05, 0) is 49.7 Å². The third-order valence-corrected chi connectivity index (χ3v) is 6.22. The first-order valence-corrected chi connectivity index (χ1v) is 11.4. The van der Waals surface area contributed by atoms with Gasteiger partial charge in [-0.1, -0.05) is 45.0 Å². The monoisotopic (exact) mass is 473 g/mol. The van der Waals surface area contributed by atoms with Gasteiger partial charge in [0.15, 0.2) is 11.6 Å². The van der Waals surface area contributed by atoms with Gasteiger partial charge in [0.2, 0.25) is 0 Å². The Morgan fingerprint density at radius 2 is 1.79 bits per heavy atom. The van der Waals surface area contributed by atoms with Crippen LogP contribution in [0, 0.1) is 18.6 Å². The molecule has 1 heterocycles. The molecular formula is C25H29F2N3O2S. The van der Waals surface area contributed by atoms with Gasteiger partial charge < -0.3 is 10.1 Å². The van der Waals surface area contributed by atoms with Gasteiger partial charge in [-0.15, -0.1) is 11.3 Å². The number of rotatable bonds is 7. The fourth-order valence-electron chi connectivity index (χ4n) is 3.21. The summed E-state index contributed by atoms with van der Waals surface area (Å²) >= 11 is 1.46. The topological polar surface area (TPSA) is 54.5 Å². The summed E-state index contributed by atoms with van der Waals surface area (Å²) < 4.78 is 34.6. The molecule has 1 N–H and O–H groups in total. The van der Waals surface area contributed by atoms with Crippen LogP contribution in [0.5, 0.6) is 5.75 Å². The van der Waals surface area contributed by atoms with Crippen molar-refractivity contribution >= 4 is 17.2 Å². The average Bonchev–Trinajstić information content (AvgIpc) is 3.11. The number of aryl methyl sites for hydroxylation is 1. The SMILES string of the molecule is Cc1nc(COc2ccc(F)c(C(=O)NCN(C)C)c2F)sc1-c1ccc(C(C)(C)C)cc1. The number of nitrogens with zero attached hydrogens (tertiary/aromatic N) is 2. The molecule has 0 aliphatic heterocycles. The molecule has 0 radical (unpaired) electrons. The van der Waals surface area contributed by atoms with E-state index in [2.05, 4.69) is 55.3 Å². The number of hydrogen-bond acceptors (Lipinski definition) is 5. The summed E-state index contributed by atoms with van der Waals surface area (Å²) in [5.41, 5.74) is 2.56. The summed E-state index contributed by atoms with van der Waals surface area (Å²) in [6.07, 6.45) is 0. The van der Waals surface area contributed by atoms with E-state index in [9.17, 15) is 13.6 Å². The van der Waals surface area contributed by atoms with Crippen LogP contribution in [0.15, 0.2) is 36.4 Å². The number of thiazole rings is 1. The summed E-state index contributed by atoms with van der Waals surface area (Å²) in [4.78, 5) is 19.4. The van der Waals surface area contributed by atoms with Crippen LogP contribution >= 0.6 is 11.3 Å². The largest absolute Gasteiger partial charge is 0.483 e. The molecule has 8 heteroatoms. The van der Waals surface area contributed by atoms with Gasteiger partial charge in [-0.25, -0.2) is 13.8 Å². The summed E-state index contributed by atoms with van der Waals surface area (Å²) in [5.74, 6) is -3.01. The molecule has 1 amide bonds. The molecule has 0 unspecified atom stereocenters. The quantitative estimate of drug-likeness (QED) is 0.459. The maximum absolute atomic E-state index is 14.8. The Balaban J connectivity index is 1.76. The minimum absolute atomic E-state index is 0.00684. The fraction of sp³-hybridized carbons (Fsp3) is 0.360. The lowest BCUT2D eigenvalue weighted by Crippen LogP contribution is -2.34. The molecule has 0 aliphatic rings. The van der Waals surface area contributed by atoms with E-state index in [0.29, 0.717) is 5.01 Å². The van der Waals surface area contributed by atoms with Crippen molar-refractivity contribution in [1.29, 1.82) is 0 Å². The Kier molecular flexibility index (Phi) is 7.49. The highest BCUT2D eigenvalue weighted by molar-refractivity contribution is 7.15. The van der Waals surface area contributed by atoms with Crippen LogP contribution in [0.25, 0.3) is 10.4 Å². The Bertz CT molecular complexity index is 1140. The maximum Gasteiger partial charge on any atom is 0.258 e. The van der Waals surface area contributed by atoms with E-state index in [0.717, 1.165) is 22.2 Å². The van der Waals surface area contributed by atoms with Gasteiger partial charge in [-0.2, -0.15) is 0 Å². The highest BCUT2D eigenvalue weighted by Crippen LogP contribution is 2.33. The highest BCUT2D eigenvalue weighted by Gasteiger charge is 2.22. The number of ether oxygens (including phenoxy) is 1. The lowest BCUT2D eigenvalue weighted by molar-refractivity contribution is 0.0925. The number of carbonyl (C=O) groups excluding carboxylic acids is 1. The van der Waals surface area contributed by atoms with Crippen LogP contribution in [0.1, 0.15) is 47.4 Å². The van der Waals surface area contributed by atoms with Crippen molar-refractivity contribution in [2.75, 3.05) is 20.8 Å². The first-order chi connectivity index (χ1) is 15.5. The van der Waals surface area contributed by atoms with Crippen LogP contribution in [0.3, 0.4) is 0 Å². The smallest absolute Gasteiger partial charge is 0.258 e. The lowest BCUT2D eigenvalue weighted by atomic mass is 9.86. The molecule has 1 aromatic heterocycles. The van der Waals surface area contributed by atoms with Crippen molar-refractivity contribution in [2.24, 2.45) is 0 Å². The molecule has 0 spiro atoms. The van der Waals surface area contributed by atoms with E-state index in [1.165, 1.54) is 23.0 Å². The Hall–Kier alpha value is -2.84. The van der Waals surface area contributed by atoms with Gasteiger partial charge in [-0.3, -0.25) is 9.69 Å². The third kappa shape index (κ3) is 5.94. The predicted octanol–water partition coefficient (Wildman–Crippen LogP) is 5.52. The Morgan fingerprint density at radius 3 is 2.39 bits per heavy atom. The molecule has 3 aromatic rings. The fourth-order valence-corrected chi connectivity index (χ4v) is 4.20. The van der Waals surface area contributed by atoms with Crippen LogP contribution in [0.4, 0.5) is 8.78 Å². The van der Waals surface area contributed by atoms with Gasteiger partial charge in [0, 0.05) is 0 Å². The van der Waals surface area contributed by atoms with E-state index in [1.54, 1.807) is 19.0 Å². The van der Waals surface area contributed by atoms with Crippen LogP contribution in [-0.4, -0.2) is 36.6 Å². The summed E-state index contributed by atoms with van der Waals surface area (Å²) in [6, 6.07) is 10.6. The molecule has 0 saturated heterocycles. The average molecular weight is 474 g/mol. The molecule has 0 aliphatic carbocycles. The third-order valence-electron chi connectivity index (χ3n) is 5.04. The number of halogens is 2. The van der Waals surface area contributed by atoms with E-state index in [1.807, 2.05) is 6.92 Å². The minimum atomic E-state index is -1.03. The standard InChI is InChI=1S/C25H29F2N3O2S/c1-15-23(16-7-9-17(10-8-16)25(2,3)4)33-20(29-15)13-32-19-12-11-18(26)21(22(19)27)24(31)28-14-30(5)6/h7-12H,13-14H2,1-6H3,(H,28,31). The van der Waals surface area contributed by atoms with Gasteiger partial charge in [0.05, 0.1) is 17.2 Å². The van der Waals surface area contributed by atoms with Gasteiger partial charge in [0.1, 0.15) is 23.0 Å². The zero-order valence-corrected chi connectivity index (χ0v) is 20.6. The molecule has 0 atom stereocenters. The zero-order chi connectivity index (χ0) is 24.3. The van der Waals surface area contributed by atoms with E-state index in [4.69, 9.17) is 4.74 Å². The molecule has 0 saturated carbocycles. The van der Waals surface area contributed by atoms with Crippen LogP contribution < -0.4 is 10.1 Å². The number of amides is 1. The highest BCUT2D eigenvalue weighted by atomic mass is 32.1. The molecule has 0 bridgehead atoms. The molecule has 2 aromatic carbocycles. The van der Waals surface area contributed by atoms with Crippen molar-refractivity contribution in [3.8, 4) is 16.2 Å². The second kappa shape index (κ2) is 9.97. The van der Waals surface area contributed by atoms with Crippen molar-refractivity contribution in [3.63, 3.8) is 0 Å². The maximum atomic E-state index is 14.8. The normalized spacial score (nSPS) is 11.7. The Morgan fingerprint density at radius 1 is 1.12 bits per heavy atom. The Labute approximate surface area is 197 Å². The molecule has 176 valence electrons. The van der Waals surface area contributed by atoms with Crippen molar-refractivity contribution in [3.05, 3.63) is 69.9 Å². The van der Waals surface area contributed by atoms with Crippen LogP contribution in [0.2, 0.25) is 0 Å². The van der Waals surface area contributed by atoms with Crippen molar-refractivity contribution in [1.82, 2.24) is 15.2 Å². The van der Waals surface area contributed by atoms with E-state index >= 15 is 0 Å². The van der Waals surface area contributed by atoms with Crippen molar-refractivity contribution < 1.29 is 18.3 Å². The van der Waals surface area contributed by atoms with E-state index < -0.39 is 23.1 Å². The number of benzene rings is 2. The molecule has 0 fully saturated rings. The first-order valence-electron chi connectivity index (χ1n) is 10.6. The molecule has 33 heavy (non-hydrogen) atoms. The number of nitrogens with one attached hydrogen (secondary N) is 1. The minimum Gasteiger partial charge on any atom is -0.483 e. The summed E-state index contributed by atoms with van der Waals surface area (Å²) in [7, 11) is 3.46. The number of aromatic nitrogens is 1. The predicted molar refractivity (Wildman–Crippen MR) is 128 cm³/mol. The molecular weight excluding hydrogens is 444 g/mol. The summed E-state index contributed by atoms with van der Waals surface area (Å²) in [5, 5.41) is 3.12. The molecule has 3 rings (SSSR count). The van der Waals surface area contributed by atoms with Gasteiger partial charge >= 0.3 is 0 Å². The van der Waals surface area contributed by atoms with Gasteiger partial charge in [0.25, 0.3) is 5.91 Å². The lowest BCUT2D eigenvalue weighted by Gasteiger charge is -2.19. The second-order valence-corrected chi connectivity index (χ2v) is 10.2. The van der Waals surface area contributed by atoms with E-state index in [-0.39, 0.29) is 24.4 Å². The summed E-state index contributed by atoms with van der Waals surface area (Å²) in [6.45, 7) is 8.58. The molecule has 5 nitrogen and oxygen atoms in total. The second-order valence-electron chi connectivity index (χ2n) is 9.12. The first kappa shape index (κ1) is 24.8. The number of hydrogen-bond donors (Lipinski definition) is 1. The van der Waals surface area contributed by atoms with Crippen molar-refractivity contribution in [2.45, 2.75) is 39.7 Å². The van der Waals surface area contributed by atoms with Crippen LogP contribution in [-0.2, 0) is 12.0 Å².